The Hall–Kier alpha value is -4.02. The van der Waals surface area contributed by atoms with Crippen molar-refractivity contribution in [2.24, 2.45) is 0 Å². The molecular weight excluding hydrogens is 497 g/mol. The lowest BCUT2D eigenvalue weighted by Gasteiger charge is -2.27. The van der Waals surface area contributed by atoms with Crippen molar-refractivity contribution in [3.05, 3.63) is 71.4 Å². The molecule has 9 nitrogen and oxygen atoms in total. The summed E-state index contributed by atoms with van der Waals surface area (Å²) in [5.41, 5.74) is 3.58. The van der Waals surface area contributed by atoms with Crippen LogP contribution < -0.4 is 15.4 Å². The summed E-state index contributed by atoms with van der Waals surface area (Å²) in [5.74, 6) is -0.679. The number of nitrogens with one attached hydrogen (secondary N) is 3. The summed E-state index contributed by atoms with van der Waals surface area (Å²) in [6.45, 7) is 10.8. The maximum absolute atomic E-state index is 15.2. The second-order valence-corrected chi connectivity index (χ2v) is 9.34. The molecule has 0 spiro atoms. The summed E-state index contributed by atoms with van der Waals surface area (Å²) in [6.07, 6.45) is 1.29. The van der Waals surface area contributed by atoms with E-state index in [4.69, 9.17) is 4.74 Å². The first-order valence-electron chi connectivity index (χ1n) is 13.2. The number of aromatic amines is 1. The highest BCUT2D eigenvalue weighted by molar-refractivity contribution is 6.01. The number of aryl methyl sites for hydroxylation is 1. The number of aromatic nitrogens is 3. The van der Waals surface area contributed by atoms with Gasteiger partial charge in [0.25, 0.3) is 5.91 Å². The number of rotatable bonds is 7. The third kappa shape index (κ3) is 6.52. The van der Waals surface area contributed by atoms with Gasteiger partial charge in [-0.3, -0.25) is 9.69 Å². The molecule has 1 amide bonds. The van der Waals surface area contributed by atoms with Crippen LogP contribution in [0, 0.1) is 12.7 Å². The average molecular weight is 534 g/mol. The molecule has 3 N–H and O–H groups in total. The van der Waals surface area contributed by atoms with Crippen molar-refractivity contribution in [3.63, 3.8) is 0 Å². The lowest BCUT2D eigenvalue weighted by molar-refractivity contribution is 0.0825. The van der Waals surface area contributed by atoms with Gasteiger partial charge in [-0.05, 0) is 42.8 Å². The monoisotopic (exact) mass is 533 g/mol. The fourth-order valence-corrected chi connectivity index (χ4v) is 4.39. The molecule has 5 rings (SSSR count). The Labute approximate surface area is 228 Å². The molecule has 0 aliphatic carbocycles. The molecule has 3 heterocycles. The molecule has 0 atom stereocenters. The Balaban J connectivity index is 0.00000172. The molecular formula is C29H36FN7O2. The van der Waals surface area contributed by atoms with Crippen molar-refractivity contribution in [2.45, 2.75) is 27.3 Å². The zero-order valence-corrected chi connectivity index (χ0v) is 23.1. The first-order valence-corrected chi connectivity index (χ1v) is 13.2. The standard InChI is InChI=1S/C27H30FN7O2.C2H6/c1-17-14-20-21(32-17)8-9-22(24(20)28)37-26-23(27(36)34(2)3)25(30-16-31-26)33-19-6-4-18(5-7-19)15-35-12-10-29-11-13-35;1-2/h4-9,14,16,29,32H,10-13,15H2,1-3H3,(H,30,31,33);1-2H3. The molecule has 10 heteroatoms. The van der Waals surface area contributed by atoms with Gasteiger partial charge < -0.3 is 25.3 Å². The van der Waals surface area contributed by atoms with Crippen molar-refractivity contribution in [1.82, 2.24) is 30.1 Å². The Morgan fingerprint density at radius 1 is 1.10 bits per heavy atom. The number of benzene rings is 2. The maximum atomic E-state index is 15.2. The smallest absolute Gasteiger partial charge is 0.262 e. The molecule has 39 heavy (non-hydrogen) atoms. The first kappa shape index (κ1) is 28.0. The number of hydrogen-bond acceptors (Lipinski definition) is 7. The Morgan fingerprint density at radius 2 is 1.82 bits per heavy atom. The Kier molecular flexibility index (Phi) is 9.11. The van der Waals surface area contributed by atoms with Crippen LogP contribution in [0.1, 0.15) is 35.5 Å². The third-order valence-corrected chi connectivity index (χ3v) is 6.31. The van der Waals surface area contributed by atoms with E-state index in [9.17, 15) is 4.79 Å². The number of fused-ring (bicyclic) bond motifs is 1. The molecule has 2 aromatic heterocycles. The minimum Gasteiger partial charge on any atom is -0.435 e. The van der Waals surface area contributed by atoms with E-state index in [1.54, 1.807) is 26.2 Å². The van der Waals surface area contributed by atoms with Gasteiger partial charge in [0, 0.05) is 69.1 Å². The van der Waals surface area contributed by atoms with E-state index >= 15 is 4.39 Å². The number of anilines is 2. The number of nitrogens with zero attached hydrogens (tertiary/aromatic N) is 4. The van der Waals surface area contributed by atoms with Gasteiger partial charge in [-0.2, -0.15) is 0 Å². The lowest BCUT2D eigenvalue weighted by Crippen LogP contribution is -2.42. The fraction of sp³-hybridized carbons (Fsp3) is 0.345. The summed E-state index contributed by atoms with van der Waals surface area (Å²) in [7, 11) is 3.26. The molecule has 0 unspecified atom stereocenters. The van der Waals surface area contributed by atoms with E-state index in [1.807, 2.05) is 32.9 Å². The molecule has 4 aromatic rings. The molecule has 1 saturated heterocycles. The second-order valence-electron chi connectivity index (χ2n) is 9.34. The number of ether oxygens (including phenoxy) is 1. The molecule has 0 radical (unpaired) electrons. The Bertz CT molecular complexity index is 1410. The van der Waals surface area contributed by atoms with E-state index in [1.165, 1.54) is 22.9 Å². The van der Waals surface area contributed by atoms with E-state index in [0.717, 1.165) is 44.1 Å². The molecule has 1 aliphatic heterocycles. The number of carbonyl (C=O) groups excluding carboxylic acids is 1. The van der Waals surface area contributed by atoms with Crippen LogP contribution >= 0.6 is 0 Å². The van der Waals surface area contributed by atoms with Gasteiger partial charge >= 0.3 is 0 Å². The predicted molar refractivity (Wildman–Crippen MR) is 152 cm³/mol. The summed E-state index contributed by atoms with van der Waals surface area (Å²) in [6, 6.07) is 13.0. The zero-order valence-electron chi connectivity index (χ0n) is 23.1. The summed E-state index contributed by atoms with van der Waals surface area (Å²) < 4.78 is 21.1. The van der Waals surface area contributed by atoms with Gasteiger partial charge in [0.05, 0.1) is 0 Å². The van der Waals surface area contributed by atoms with E-state index in [0.29, 0.717) is 10.9 Å². The van der Waals surface area contributed by atoms with E-state index in [-0.39, 0.29) is 28.9 Å². The highest BCUT2D eigenvalue weighted by Gasteiger charge is 2.24. The van der Waals surface area contributed by atoms with Crippen LogP contribution in [0.5, 0.6) is 11.6 Å². The minimum atomic E-state index is -0.529. The molecule has 1 fully saturated rings. The van der Waals surface area contributed by atoms with Gasteiger partial charge in [-0.25, -0.2) is 14.4 Å². The van der Waals surface area contributed by atoms with Crippen molar-refractivity contribution >= 4 is 28.3 Å². The van der Waals surface area contributed by atoms with Crippen LogP contribution in [0.2, 0.25) is 0 Å². The van der Waals surface area contributed by atoms with Crippen LogP contribution in [0.4, 0.5) is 15.9 Å². The summed E-state index contributed by atoms with van der Waals surface area (Å²) in [4.78, 5) is 28.6. The van der Waals surface area contributed by atoms with Crippen LogP contribution in [-0.2, 0) is 6.54 Å². The summed E-state index contributed by atoms with van der Waals surface area (Å²) >= 11 is 0. The second kappa shape index (κ2) is 12.7. The highest BCUT2D eigenvalue weighted by atomic mass is 19.1. The zero-order chi connectivity index (χ0) is 27.9. The Morgan fingerprint density at radius 3 is 2.51 bits per heavy atom. The SMILES string of the molecule is CC.Cc1cc2c(F)c(Oc3ncnc(Nc4ccc(CN5CCNCC5)cc4)c3C(=O)N(C)C)ccc2[nH]1. The largest absolute Gasteiger partial charge is 0.435 e. The van der Waals surface area contributed by atoms with Crippen LogP contribution in [0.3, 0.4) is 0 Å². The molecule has 0 saturated carbocycles. The van der Waals surface area contributed by atoms with Gasteiger partial charge in [0.15, 0.2) is 17.4 Å². The van der Waals surface area contributed by atoms with Crippen LogP contribution in [0.15, 0.2) is 48.8 Å². The molecule has 206 valence electrons. The number of carbonyl (C=O) groups is 1. The van der Waals surface area contributed by atoms with Crippen LogP contribution in [0.25, 0.3) is 10.9 Å². The number of amides is 1. The van der Waals surface area contributed by atoms with Crippen molar-refractivity contribution in [2.75, 3.05) is 45.6 Å². The lowest BCUT2D eigenvalue weighted by atomic mass is 10.1. The van der Waals surface area contributed by atoms with Crippen molar-refractivity contribution in [1.29, 1.82) is 0 Å². The number of piperazine rings is 1. The quantitative estimate of drug-likeness (QED) is 0.305. The van der Waals surface area contributed by atoms with Crippen LogP contribution in [-0.4, -0.2) is 70.9 Å². The highest BCUT2D eigenvalue weighted by Crippen LogP contribution is 2.33. The number of H-pyrrole nitrogens is 1. The molecule has 2 aromatic carbocycles. The molecule has 0 bridgehead atoms. The first-order chi connectivity index (χ1) is 18.9. The normalized spacial score (nSPS) is 13.5. The van der Waals surface area contributed by atoms with Gasteiger partial charge in [0.1, 0.15) is 11.9 Å². The predicted octanol–water partition coefficient (Wildman–Crippen LogP) is 5.07. The van der Waals surface area contributed by atoms with Gasteiger partial charge in [-0.15, -0.1) is 0 Å². The number of hydrogen-bond donors (Lipinski definition) is 3. The maximum Gasteiger partial charge on any atom is 0.262 e. The average Bonchev–Trinajstić information content (AvgIpc) is 3.34. The van der Waals surface area contributed by atoms with Crippen molar-refractivity contribution < 1.29 is 13.9 Å². The van der Waals surface area contributed by atoms with E-state index < -0.39 is 5.82 Å². The number of halogens is 1. The minimum absolute atomic E-state index is 0.0266. The van der Waals surface area contributed by atoms with Crippen molar-refractivity contribution in [3.8, 4) is 11.6 Å². The molecule has 1 aliphatic rings. The van der Waals surface area contributed by atoms with Gasteiger partial charge in [0.2, 0.25) is 5.88 Å². The topological polar surface area (TPSA) is 98.4 Å². The van der Waals surface area contributed by atoms with E-state index in [2.05, 4.69) is 42.6 Å². The third-order valence-electron chi connectivity index (χ3n) is 6.31. The van der Waals surface area contributed by atoms with Gasteiger partial charge in [-0.1, -0.05) is 26.0 Å². The summed E-state index contributed by atoms with van der Waals surface area (Å²) in [5, 5.41) is 6.98. The fourth-order valence-electron chi connectivity index (χ4n) is 4.39.